The van der Waals surface area contributed by atoms with Crippen LogP contribution < -0.4 is 10.1 Å². The van der Waals surface area contributed by atoms with E-state index in [1.807, 2.05) is 6.92 Å². The van der Waals surface area contributed by atoms with Gasteiger partial charge in [-0.15, -0.1) is 0 Å². The van der Waals surface area contributed by atoms with Crippen molar-refractivity contribution in [2.75, 3.05) is 20.2 Å². The molecule has 0 saturated carbocycles. The van der Waals surface area contributed by atoms with Crippen LogP contribution in [-0.4, -0.2) is 26.0 Å². The molecule has 1 saturated heterocycles. The minimum absolute atomic E-state index is 0.0538. The fourth-order valence-electron chi connectivity index (χ4n) is 2.76. The zero-order valence-electron chi connectivity index (χ0n) is 11.5. The Bertz CT molecular complexity index is 467. The molecule has 104 valence electrons. The Balaban J connectivity index is 2.29. The average molecular weight is 265 g/mol. The molecule has 1 aliphatic rings. The first-order chi connectivity index (χ1) is 9.13. The number of Topliss-reactive ketones (excluding diaryl/α,β-unsaturated/α-hetero) is 1. The van der Waals surface area contributed by atoms with E-state index in [0.717, 1.165) is 32.4 Å². The molecule has 2 rings (SSSR count). The maximum Gasteiger partial charge on any atom is 0.169 e. The number of methoxy groups -OCH3 is 1. The number of hydrogen-bond acceptors (Lipinski definition) is 3. The number of carbonyl (C=O) groups excluding carboxylic acids is 1. The zero-order valence-corrected chi connectivity index (χ0v) is 11.5. The molecule has 0 unspecified atom stereocenters. The molecule has 1 N–H and O–H groups in total. The Morgan fingerprint density at radius 1 is 1.42 bits per heavy atom. The summed E-state index contributed by atoms with van der Waals surface area (Å²) in [5, 5.41) is 3.26. The summed E-state index contributed by atoms with van der Waals surface area (Å²) in [5.74, 6) is -0.251. The second kappa shape index (κ2) is 5.70. The highest BCUT2D eigenvalue weighted by Crippen LogP contribution is 2.36. The van der Waals surface area contributed by atoms with Crippen LogP contribution >= 0.6 is 0 Å². The number of ether oxygens (including phenoxy) is 1. The summed E-state index contributed by atoms with van der Waals surface area (Å²) in [5.41, 5.74) is 0.105. The predicted octanol–water partition coefficient (Wildman–Crippen LogP) is 2.80. The average Bonchev–Trinajstić information content (AvgIpc) is 2.47. The minimum Gasteiger partial charge on any atom is -0.494 e. The Labute approximate surface area is 113 Å². The van der Waals surface area contributed by atoms with Gasteiger partial charge in [0.15, 0.2) is 17.3 Å². The van der Waals surface area contributed by atoms with Crippen LogP contribution in [0.3, 0.4) is 0 Å². The number of halogens is 1. The molecular formula is C15H20FNO2. The van der Waals surface area contributed by atoms with Gasteiger partial charge in [-0.25, -0.2) is 4.39 Å². The fourth-order valence-corrected chi connectivity index (χ4v) is 2.76. The Morgan fingerprint density at radius 2 is 2.11 bits per heavy atom. The van der Waals surface area contributed by atoms with Crippen molar-refractivity contribution in [1.82, 2.24) is 5.32 Å². The van der Waals surface area contributed by atoms with Gasteiger partial charge < -0.3 is 10.1 Å². The van der Waals surface area contributed by atoms with Gasteiger partial charge in [-0.05, 0) is 50.6 Å². The third-order valence-corrected chi connectivity index (χ3v) is 4.13. The second-order valence-corrected chi connectivity index (χ2v) is 5.06. The van der Waals surface area contributed by atoms with Gasteiger partial charge >= 0.3 is 0 Å². The Morgan fingerprint density at radius 3 is 2.63 bits per heavy atom. The van der Waals surface area contributed by atoms with Crippen LogP contribution in [0.15, 0.2) is 18.2 Å². The molecule has 3 nitrogen and oxygen atoms in total. The van der Waals surface area contributed by atoms with Crippen LogP contribution in [0.4, 0.5) is 4.39 Å². The molecule has 1 heterocycles. The number of hydrogen-bond donors (Lipinski definition) is 1. The van der Waals surface area contributed by atoms with Crippen LogP contribution in [-0.2, 0) is 0 Å². The van der Waals surface area contributed by atoms with Crippen LogP contribution in [0.1, 0.15) is 36.5 Å². The highest BCUT2D eigenvalue weighted by molar-refractivity contribution is 6.00. The van der Waals surface area contributed by atoms with Crippen molar-refractivity contribution >= 4 is 5.78 Å². The van der Waals surface area contributed by atoms with E-state index in [1.54, 1.807) is 6.07 Å². The molecule has 0 aliphatic carbocycles. The van der Waals surface area contributed by atoms with E-state index in [9.17, 15) is 9.18 Å². The first-order valence-corrected chi connectivity index (χ1v) is 6.72. The smallest absolute Gasteiger partial charge is 0.169 e. The minimum atomic E-state index is -0.478. The van der Waals surface area contributed by atoms with E-state index in [4.69, 9.17) is 4.74 Å². The van der Waals surface area contributed by atoms with Crippen molar-refractivity contribution in [2.24, 2.45) is 5.41 Å². The topological polar surface area (TPSA) is 38.3 Å². The van der Waals surface area contributed by atoms with Crippen LogP contribution in [0.5, 0.6) is 5.75 Å². The molecule has 19 heavy (non-hydrogen) atoms. The number of nitrogens with one attached hydrogen (secondary N) is 1. The summed E-state index contributed by atoms with van der Waals surface area (Å²) < 4.78 is 18.6. The summed E-state index contributed by atoms with van der Waals surface area (Å²) in [6, 6.07) is 4.47. The maximum absolute atomic E-state index is 13.7. The molecule has 0 bridgehead atoms. The van der Waals surface area contributed by atoms with Gasteiger partial charge in [-0.1, -0.05) is 6.92 Å². The second-order valence-electron chi connectivity index (χ2n) is 5.06. The van der Waals surface area contributed by atoms with Crippen LogP contribution in [0.25, 0.3) is 0 Å². The van der Waals surface area contributed by atoms with E-state index in [2.05, 4.69) is 5.32 Å². The van der Waals surface area contributed by atoms with Crippen molar-refractivity contribution in [2.45, 2.75) is 26.2 Å². The van der Waals surface area contributed by atoms with Crippen LogP contribution in [0.2, 0.25) is 0 Å². The van der Waals surface area contributed by atoms with E-state index in [0.29, 0.717) is 5.56 Å². The number of carbonyl (C=O) groups is 1. The SMILES string of the molecule is CCC1(C(=O)c2ccc(OC)c(F)c2)CCNCC1. The first kappa shape index (κ1) is 14.0. The van der Waals surface area contributed by atoms with Gasteiger partial charge in [0, 0.05) is 11.0 Å². The molecular weight excluding hydrogens is 245 g/mol. The lowest BCUT2D eigenvalue weighted by Crippen LogP contribution is -2.41. The van der Waals surface area contributed by atoms with E-state index < -0.39 is 5.82 Å². The van der Waals surface area contributed by atoms with E-state index >= 15 is 0 Å². The van der Waals surface area contributed by atoms with Gasteiger partial charge in [0.1, 0.15) is 0 Å². The molecule has 1 aromatic carbocycles. The highest BCUT2D eigenvalue weighted by atomic mass is 19.1. The van der Waals surface area contributed by atoms with E-state index in [1.165, 1.54) is 19.2 Å². The zero-order chi connectivity index (χ0) is 13.9. The Hall–Kier alpha value is -1.42. The Kier molecular flexibility index (Phi) is 4.20. The molecule has 1 aliphatic heterocycles. The highest BCUT2D eigenvalue weighted by Gasteiger charge is 2.38. The predicted molar refractivity (Wildman–Crippen MR) is 72.1 cm³/mol. The summed E-state index contributed by atoms with van der Waals surface area (Å²) in [6.07, 6.45) is 2.42. The van der Waals surface area contributed by atoms with Gasteiger partial charge in [0.25, 0.3) is 0 Å². The van der Waals surface area contributed by atoms with Crippen molar-refractivity contribution in [3.63, 3.8) is 0 Å². The molecule has 0 atom stereocenters. The molecule has 4 heteroatoms. The third kappa shape index (κ3) is 2.63. The number of rotatable bonds is 4. The monoisotopic (exact) mass is 265 g/mol. The van der Waals surface area contributed by atoms with Crippen LogP contribution in [0, 0.1) is 11.2 Å². The lowest BCUT2D eigenvalue weighted by atomic mass is 9.71. The standard InChI is InChI=1S/C15H20FNO2/c1-3-15(6-8-17-9-7-15)14(18)11-4-5-13(19-2)12(16)10-11/h4-5,10,17H,3,6-9H2,1-2H3. The fraction of sp³-hybridized carbons (Fsp3) is 0.533. The van der Waals surface area contributed by atoms with Crippen molar-refractivity contribution < 1.29 is 13.9 Å². The lowest BCUT2D eigenvalue weighted by molar-refractivity contribution is 0.0717. The van der Waals surface area contributed by atoms with Crippen molar-refractivity contribution in [3.8, 4) is 5.75 Å². The number of benzene rings is 1. The molecule has 0 amide bonds. The maximum atomic E-state index is 13.7. The van der Waals surface area contributed by atoms with Gasteiger partial charge in [0.05, 0.1) is 7.11 Å². The number of ketones is 1. The molecule has 1 fully saturated rings. The quantitative estimate of drug-likeness (QED) is 0.851. The van der Waals surface area contributed by atoms with Crippen molar-refractivity contribution in [1.29, 1.82) is 0 Å². The summed E-state index contributed by atoms with van der Waals surface area (Å²) in [4.78, 5) is 12.7. The lowest BCUT2D eigenvalue weighted by Gasteiger charge is -2.35. The molecule has 1 aromatic rings. The van der Waals surface area contributed by atoms with Gasteiger partial charge in [-0.3, -0.25) is 4.79 Å². The molecule has 0 spiro atoms. The summed E-state index contributed by atoms with van der Waals surface area (Å²) >= 11 is 0. The van der Waals surface area contributed by atoms with Gasteiger partial charge in [0.2, 0.25) is 0 Å². The summed E-state index contributed by atoms with van der Waals surface area (Å²) in [7, 11) is 1.42. The third-order valence-electron chi connectivity index (χ3n) is 4.13. The summed E-state index contributed by atoms with van der Waals surface area (Å²) in [6.45, 7) is 3.72. The molecule has 0 radical (unpaired) electrons. The van der Waals surface area contributed by atoms with E-state index in [-0.39, 0.29) is 16.9 Å². The van der Waals surface area contributed by atoms with Crippen molar-refractivity contribution in [3.05, 3.63) is 29.6 Å². The largest absolute Gasteiger partial charge is 0.494 e. The molecule has 0 aromatic heterocycles. The first-order valence-electron chi connectivity index (χ1n) is 6.72. The normalized spacial score (nSPS) is 18.1. The number of piperidine rings is 1. The van der Waals surface area contributed by atoms with Gasteiger partial charge in [-0.2, -0.15) is 0 Å².